The first kappa shape index (κ1) is 13.1. The Labute approximate surface area is 116 Å². The van der Waals surface area contributed by atoms with Crippen LogP contribution in [-0.2, 0) is 6.18 Å². The van der Waals surface area contributed by atoms with E-state index in [1.807, 2.05) is 0 Å². The Morgan fingerprint density at radius 1 is 1.19 bits per heavy atom. The summed E-state index contributed by atoms with van der Waals surface area (Å²) < 4.78 is 40.1. The van der Waals surface area contributed by atoms with Crippen LogP contribution in [0.2, 0.25) is 0 Å². The molecular weight excluding hydrogens is 283 g/mol. The quantitative estimate of drug-likeness (QED) is 0.690. The first-order chi connectivity index (χ1) is 10.0. The Hall–Kier alpha value is -2.95. The maximum Gasteiger partial charge on any atom is 0.433 e. The van der Waals surface area contributed by atoms with Gasteiger partial charge in [-0.15, -0.1) is 0 Å². The van der Waals surface area contributed by atoms with Crippen molar-refractivity contribution in [2.24, 2.45) is 0 Å². The van der Waals surface area contributed by atoms with E-state index in [-0.39, 0.29) is 16.9 Å². The number of alkyl halides is 3. The van der Waals surface area contributed by atoms with E-state index in [0.29, 0.717) is 10.1 Å². The summed E-state index contributed by atoms with van der Waals surface area (Å²) in [7, 11) is 0. The molecule has 0 bridgehead atoms. The molecule has 5 nitrogen and oxygen atoms in total. The SMILES string of the molecule is N#Cc1cnn2c(C(F)(F)F)cc(-c3ccncc3)nc12. The van der Waals surface area contributed by atoms with Crippen LogP contribution in [0.4, 0.5) is 13.2 Å². The van der Waals surface area contributed by atoms with Gasteiger partial charge in [0.05, 0.1) is 11.9 Å². The summed E-state index contributed by atoms with van der Waals surface area (Å²) in [4.78, 5) is 7.91. The predicted octanol–water partition coefficient (Wildman–Crippen LogP) is 2.68. The molecule has 0 spiro atoms. The second kappa shape index (κ2) is 4.56. The molecule has 0 saturated heterocycles. The number of pyridine rings is 1. The molecule has 0 unspecified atom stereocenters. The largest absolute Gasteiger partial charge is 0.433 e. The lowest BCUT2D eigenvalue weighted by Gasteiger charge is -2.10. The zero-order valence-corrected chi connectivity index (χ0v) is 10.3. The Kier molecular flexibility index (Phi) is 2.83. The van der Waals surface area contributed by atoms with Crippen molar-refractivity contribution in [1.82, 2.24) is 19.6 Å². The van der Waals surface area contributed by atoms with E-state index < -0.39 is 11.9 Å². The predicted molar refractivity (Wildman–Crippen MR) is 65.9 cm³/mol. The normalized spacial score (nSPS) is 11.5. The second-order valence-corrected chi connectivity index (χ2v) is 4.17. The van der Waals surface area contributed by atoms with Crippen molar-refractivity contribution in [3.63, 3.8) is 0 Å². The molecule has 0 aromatic carbocycles. The van der Waals surface area contributed by atoms with Gasteiger partial charge in [-0.25, -0.2) is 9.50 Å². The Morgan fingerprint density at radius 3 is 2.52 bits per heavy atom. The lowest BCUT2D eigenvalue weighted by molar-refractivity contribution is -0.142. The molecule has 104 valence electrons. The molecule has 0 fully saturated rings. The maximum atomic E-state index is 13.1. The van der Waals surface area contributed by atoms with E-state index in [2.05, 4.69) is 15.1 Å². The lowest BCUT2D eigenvalue weighted by Crippen LogP contribution is -2.13. The van der Waals surface area contributed by atoms with E-state index in [1.54, 1.807) is 18.2 Å². The summed E-state index contributed by atoms with van der Waals surface area (Å²) >= 11 is 0. The van der Waals surface area contributed by atoms with Gasteiger partial charge >= 0.3 is 6.18 Å². The van der Waals surface area contributed by atoms with Gasteiger partial charge in [-0.05, 0) is 18.2 Å². The average molecular weight is 289 g/mol. The minimum Gasteiger partial charge on any atom is -0.265 e. The van der Waals surface area contributed by atoms with E-state index in [1.165, 1.54) is 12.4 Å². The van der Waals surface area contributed by atoms with Crippen LogP contribution in [-0.4, -0.2) is 19.6 Å². The zero-order valence-electron chi connectivity index (χ0n) is 10.3. The van der Waals surface area contributed by atoms with Gasteiger partial charge in [0.25, 0.3) is 0 Å². The smallest absolute Gasteiger partial charge is 0.265 e. The minimum absolute atomic E-state index is 0.0172. The van der Waals surface area contributed by atoms with Crippen molar-refractivity contribution in [1.29, 1.82) is 5.26 Å². The molecule has 0 saturated carbocycles. The van der Waals surface area contributed by atoms with Gasteiger partial charge in [0, 0.05) is 18.0 Å². The second-order valence-electron chi connectivity index (χ2n) is 4.17. The molecule has 8 heteroatoms. The number of hydrogen-bond acceptors (Lipinski definition) is 4. The van der Waals surface area contributed by atoms with Crippen LogP contribution < -0.4 is 0 Å². The van der Waals surface area contributed by atoms with Crippen LogP contribution in [0.3, 0.4) is 0 Å². The van der Waals surface area contributed by atoms with Crippen LogP contribution in [0.1, 0.15) is 11.3 Å². The number of aromatic nitrogens is 4. The van der Waals surface area contributed by atoms with E-state index in [9.17, 15) is 13.2 Å². The third-order valence-electron chi connectivity index (χ3n) is 2.86. The summed E-state index contributed by atoms with van der Waals surface area (Å²) in [5.74, 6) is 0. The molecule has 21 heavy (non-hydrogen) atoms. The van der Waals surface area contributed by atoms with Crippen LogP contribution in [0.15, 0.2) is 36.8 Å². The maximum absolute atomic E-state index is 13.1. The first-order valence-electron chi connectivity index (χ1n) is 5.77. The number of nitriles is 1. The highest BCUT2D eigenvalue weighted by Crippen LogP contribution is 2.32. The molecule has 0 aliphatic carbocycles. The Balaban J connectivity index is 2.36. The third-order valence-corrected chi connectivity index (χ3v) is 2.86. The van der Waals surface area contributed by atoms with Crippen LogP contribution >= 0.6 is 0 Å². The summed E-state index contributed by atoms with van der Waals surface area (Å²) in [6.07, 6.45) is -0.637. The van der Waals surface area contributed by atoms with Crippen LogP contribution in [0.25, 0.3) is 16.9 Å². The molecule has 0 amide bonds. The monoisotopic (exact) mass is 289 g/mol. The van der Waals surface area contributed by atoms with E-state index in [0.717, 1.165) is 12.3 Å². The van der Waals surface area contributed by atoms with Gasteiger partial charge in [-0.1, -0.05) is 0 Å². The topological polar surface area (TPSA) is 66.9 Å². The fourth-order valence-electron chi connectivity index (χ4n) is 1.91. The molecular formula is C13H6F3N5. The van der Waals surface area contributed by atoms with Crippen molar-refractivity contribution in [2.45, 2.75) is 6.18 Å². The number of fused-ring (bicyclic) bond motifs is 1. The standard InChI is InChI=1S/C13H6F3N5/c14-13(15,16)11-5-10(8-1-3-18-4-2-8)20-12-9(6-17)7-19-21(11)12/h1-5,7H. The lowest BCUT2D eigenvalue weighted by atomic mass is 10.1. The Bertz CT molecular complexity index is 846. The molecule has 0 radical (unpaired) electrons. The molecule has 0 aliphatic heterocycles. The van der Waals surface area contributed by atoms with Crippen molar-refractivity contribution >= 4 is 5.65 Å². The van der Waals surface area contributed by atoms with Gasteiger partial charge in [-0.2, -0.15) is 23.5 Å². The number of rotatable bonds is 1. The molecule has 0 aliphatic rings. The molecule has 3 heterocycles. The minimum atomic E-state index is -4.61. The molecule has 0 atom stereocenters. The highest BCUT2D eigenvalue weighted by molar-refractivity contribution is 5.65. The van der Waals surface area contributed by atoms with Crippen LogP contribution in [0, 0.1) is 11.3 Å². The average Bonchev–Trinajstić information content (AvgIpc) is 2.89. The van der Waals surface area contributed by atoms with Crippen LogP contribution in [0.5, 0.6) is 0 Å². The van der Waals surface area contributed by atoms with Gasteiger partial charge in [0.1, 0.15) is 11.6 Å². The molecule has 3 aromatic heterocycles. The van der Waals surface area contributed by atoms with E-state index in [4.69, 9.17) is 5.26 Å². The van der Waals surface area contributed by atoms with Gasteiger partial charge in [0.15, 0.2) is 11.3 Å². The summed E-state index contributed by atoms with van der Waals surface area (Å²) in [6.45, 7) is 0. The fraction of sp³-hybridized carbons (Fsp3) is 0.0769. The summed E-state index contributed by atoms with van der Waals surface area (Å²) in [5.41, 5.74) is -0.548. The zero-order chi connectivity index (χ0) is 15.0. The van der Waals surface area contributed by atoms with Crippen molar-refractivity contribution in [2.75, 3.05) is 0 Å². The first-order valence-corrected chi connectivity index (χ1v) is 5.77. The Morgan fingerprint density at radius 2 is 1.90 bits per heavy atom. The molecule has 0 N–H and O–H groups in total. The summed E-state index contributed by atoms with van der Waals surface area (Å²) in [5, 5.41) is 12.5. The molecule has 3 aromatic rings. The number of halogens is 3. The van der Waals surface area contributed by atoms with Crippen molar-refractivity contribution in [3.8, 4) is 17.3 Å². The van der Waals surface area contributed by atoms with Crippen molar-refractivity contribution in [3.05, 3.63) is 48.0 Å². The molecule has 3 rings (SSSR count). The highest BCUT2D eigenvalue weighted by Gasteiger charge is 2.35. The van der Waals surface area contributed by atoms with Gasteiger partial charge in [-0.3, -0.25) is 4.98 Å². The fourth-order valence-corrected chi connectivity index (χ4v) is 1.91. The number of nitrogens with zero attached hydrogens (tertiary/aromatic N) is 5. The third kappa shape index (κ3) is 2.18. The van der Waals surface area contributed by atoms with Crippen molar-refractivity contribution < 1.29 is 13.2 Å². The van der Waals surface area contributed by atoms with Gasteiger partial charge < -0.3 is 0 Å². The number of hydrogen-bond donors (Lipinski definition) is 0. The highest BCUT2D eigenvalue weighted by atomic mass is 19.4. The summed E-state index contributed by atoms with van der Waals surface area (Å²) in [6, 6.07) is 5.77. The van der Waals surface area contributed by atoms with E-state index >= 15 is 0 Å². The van der Waals surface area contributed by atoms with Gasteiger partial charge in [0.2, 0.25) is 0 Å².